The van der Waals surface area contributed by atoms with Gasteiger partial charge in [0.25, 0.3) is 0 Å². The third-order valence-corrected chi connectivity index (χ3v) is 4.76. The van der Waals surface area contributed by atoms with E-state index < -0.39 is 5.97 Å². The van der Waals surface area contributed by atoms with E-state index in [1.165, 1.54) is 0 Å². The quantitative estimate of drug-likeness (QED) is 0.474. The number of hydrogen-bond donors (Lipinski definition) is 1. The lowest BCUT2D eigenvalue weighted by atomic mass is 10.1. The highest BCUT2D eigenvalue weighted by Gasteiger charge is 2.09. The van der Waals surface area contributed by atoms with Crippen molar-refractivity contribution in [1.82, 2.24) is 19.3 Å². The van der Waals surface area contributed by atoms with E-state index in [2.05, 4.69) is 14.6 Å². The summed E-state index contributed by atoms with van der Waals surface area (Å²) in [5.41, 5.74) is 3.97. The number of aromatic nitrogens is 4. The number of hydrogen-bond acceptors (Lipinski definition) is 4. The van der Waals surface area contributed by atoms with E-state index >= 15 is 0 Å². The van der Waals surface area contributed by atoms with E-state index in [-0.39, 0.29) is 6.42 Å². The second-order valence-electron chi connectivity index (χ2n) is 6.81. The van der Waals surface area contributed by atoms with Gasteiger partial charge in [0.1, 0.15) is 12.4 Å². The van der Waals surface area contributed by atoms with Gasteiger partial charge in [-0.2, -0.15) is 5.10 Å². The predicted molar refractivity (Wildman–Crippen MR) is 109 cm³/mol. The first-order valence-electron chi connectivity index (χ1n) is 9.53. The summed E-state index contributed by atoms with van der Waals surface area (Å²) < 4.78 is 9.98. The van der Waals surface area contributed by atoms with Crippen LogP contribution in [-0.2, 0) is 24.3 Å². The summed E-state index contributed by atoms with van der Waals surface area (Å²) >= 11 is 0. The molecule has 29 heavy (non-hydrogen) atoms. The van der Waals surface area contributed by atoms with Crippen LogP contribution in [0.15, 0.2) is 67.3 Å². The molecule has 2 aromatic carbocycles. The molecular weight excluding hydrogens is 368 g/mol. The van der Waals surface area contributed by atoms with Gasteiger partial charge in [0, 0.05) is 18.8 Å². The number of imidazole rings is 1. The van der Waals surface area contributed by atoms with Gasteiger partial charge >= 0.3 is 5.97 Å². The van der Waals surface area contributed by atoms with Crippen LogP contribution in [0.4, 0.5) is 0 Å². The van der Waals surface area contributed by atoms with Crippen molar-refractivity contribution in [2.45, 2.75) is 25.9 Å². The normalized spacial score (nSPS) is 11.0. The Morgan fingerprint density at radius 2 is 2.03 bits per heavy atom. The van der Waals surface area contributed by atoms with Crippen LogP contribution >= 0.6 is 0 Å². The monoisotopic (exact) mass is 390 g/mol. The maximum Gasteiger partial charge on any atom is 0.303 e. The van der Waals surface area contributed by atoms with Crippen LogP contribution in [0.2, 0.25) is 0 Å². The maximum atomic E-state index is 11.0. The lowest BCUT2D eigenvalue weighted by Crippen LogP contribution is -2.10. The number of carbonyl (C=O) groups is 1. The van der Waals surface area contributed by atoms with Crippen molar-refractivity contribution < 1.29 is 14.6 Å². The highest BCUT2D eigenvalue weighted by atomic mass is 16.5. The molecule has 148 valence electrons. The third kappa shape index (κ3) is 4.63. The molecule has 0 bridgehead atoms. The molecule has 0 radical (unpaired) electrons. The highest BCUT2D eigenvalue weighted by molar-refractivity contribution is 5.74. The topological polar surface area (TPSA) is 82.2 Å². The number of carboxylic acid groups (broad SMARTS) is 1. The largest absolute Gasteiger partial charge is 0.491 e. The third-order valence-electron chi connectivity index (χ3n) is 4.76. The van der Waals surface area contributed by atoms with Crippen molar-refractivity contribution in [3.05, 3.63) is 78.4 Å². The first-order valence-corrected chi connectivity index (χ1v) is 9.53. The number of aliphatic carboxylic acids is 1. The molecule has 0 spiro atoms. The van der Waals surface area contributed by atoms with Crippen LogP contribution in [0.1, 0.15) is 17.5 Å². The molecule has 2 heterocycles. The summed E-state index contributed by atoms with van der Waals surface area (Å²) in [5.74, 6) is -0.0956. The van der Waals surface area contributed by atoms with E-state index in [0.717, 1.165) is 27.9 Å². The van der Waals surface area contributed by atoms with Crippen LogP contribution in [0.3, 0.4) is 0 Å². The number of carboxylic acids is 1. The van der Waals surface area contributed by atoms with Gasteiger partial charge < -0.3 is 14.4 Å². The Kier molecular flexibility index (Phi) is 5.56. The minimum absolute atomic E-state index is 0.0705. The van der Waals surface area contributed by atoms with Crippen molar-refractivity contribution in [3.63, 3.8) is 0 Å². The Bertz CT molecular complexity index is 1100. The van der Waals surface area contributed by atoms with Crippen molar-refractivity contribution >= 4 is 17.0 Å². The Morgan fingerprint density at radius 3 is 2.86 bits per heavy atom. The highest BCUT2D eigenvalue weighted by Crippen LogP contribution is 2.23. The molecule has 0 fully saturated rings. The molecule has 4 aromatic rings. The summed E-state index contributed by atoms with van der Waals surface area (Å²) in [6.45, 7) is 1.75. The first-order chi connectivity index (χ1) is 14.2. The number of fused-ring (bicyclic) bond motifs is 1. The second-order valence-corrected chi connectivity index (χ2v) is 6.81. The van der Waals surface area contributed by atoms with E-state index in [9.17, 15) is 4.79 Å². The maximum absolute atomic E-state index is 11.0. The van der Waals surface area contributed by atoms with Crippen molar-refractivity contribution in [2.75, 3.05) is 6.61 Å². The predicted octanol–water partition coefficient (Wildman–Crippen LogP) is 3.38. The molecule has 0 unspecified atom stereocenters. The fourth-order valence-corrected chi connectivity index (χ4v) is 3.30. The number of nitrogens with zero attached hydrogens (tertiary/aromatic N) is 4. The average molecular weight is 390 g/mol. The molecule has 0 saturated carbocycles. The van der Waals surface area contributed by atoms with Gasteiger partial charge in [0.2, 0.25) is 0 Å². The molecule has 4 rings (SSSR count). The molecule has 0 atom stereocenters. The minimum Gasteiger partial charge on any atom is -0.491 e. The average Bonchev–Trinajstić information content (AvgIpc) is 3.37. The first kappa shape index (κ1) is 18.7. The van der Waals surface area contributed by atoms with Crippen molar-refractivity contribution in [3.8, 4) is 5.75 Å². The van der Waals surface area contributed by atoms with E-state index in [4.69, 9.17) is 9.84 Å². The van der Waals surface area contributed by atoms with Gasteiger partial charge in [-0.3, -0.25) is 9.48 Å². The van der Waals surface area contributed by atoms with E-state index in [1.54, 1.807) is 6.20 Å². The number of benzene rings is 2. The zero-order valence-electron chi connectivity index (χ0n) is 15.9. The summed E-state index contributed by atoms with van der Waals surface area (Å²) in [7, 11) is 0. The summed E-state index contributed by atoms with van der Waals surface area (Å²) in [6, 6.07) is 15.8. The van der Waals surface area contributed by atoms with Crippen molar-refractivity contribution in [2.24, 2.45) is 0 Å². The van der Waals surface area contributed by atoms with Gasteiger partial charge in [-0.25, -0.2) is 4.98 Å². The van der Waals surface area contributed by atoms with Crippen LogP contribution in [0.25, 0.3) is 11.0 Å². The Hall–Kier alpha value is -3.61. The smallest absolute Gasteiger partial charge is 0.303 e. The Labute approximate surface area is 168 Å². The molecule has 0 amide bonds. The molecule has 0 aliphatic carbocycles. The summed E-state index contributed by atoms with van der Waals surface area (Å²) in [4.78, 5) is 15.4. The molecule has 7 heteroatoms. The summed E-state index contributed by atoms with van der Waals surface area (Å²) in [5, 5.41) is 13.3. The zero-order valence-corrected chi connectivity index (χ0v) is 15.9. The Balaban J connectivity index is 1.48. The fraction of sp³-hybridized carbons (Fsp3) is 0.227. The number of ether oxygens (including phenoxy) is 1. The molecule has 7 nitrogen and oxygen atoms in total. The molecular formula is C22H22N4O3. The molecule has 2 aromatic heterocycles. The van der Waals surface area contributed by atoms with Crippen LogP contribution in [0.5, 0.6) is 5.75 Å². The van der Waals surface area contributed by atoms with Gasteiger partial charge in [0.05, 0.1) is 30.5 Å². The van der Waals surface area contributed by atoms with E-state index in [1.807, 2.05) is 65.7 Å². The number of aryl methyl sites for hydroxylation is 1. The lowest BCUT2D eigenvalue weighted by molar-refractivity contribution is -0.136. The minimum atomic E-state index is -0.818. The van der Waals surface area contributed by atoms with Crippen LogP contribution < -0.4 is 4.74 Å². The second kappa shape index (κ2) is 8.60. The van der Waals surface area contributed by atoms with Crippen LogP contribution in [-0.4, -0.2) is 37.0 Å². The van der Waals surface area contributed by atoms with Gasteiger partial charge in [0.15, 0.2) is 0 Å². The zero-order chi connectivity index (χ0) is 20.1. The number of para-hydroxylation sites is 2. The lowest BCUT2D eigenvalue weighted by Gasteiger charge is -2.14. The van der Waals surface area contributed by atoms with Crippen LogP contribution in [0, 0.1) is 0 Å². The molecule has 0 aliphatic heterocycles. The molecule has 0 aliphatic rings. The molecule has 1 N–H and O–H groups in total. The summed E-state index contributed by atoms with van der Waals surface area (Å²) in [6.07, 6.45) is 5.96. The Morgan fingerprint density at radius 1 is 1.14 bits per heavy atom. The number of rotatable bonds is 9. The molecule has 0 saturated heterocycles. The fourth-order valence-electron chi connectivity index (χ4n) is 3.30. The standard InChI is InChI=1S/C22H22N4O3/c27-22(28)9-8-18-7-6-17(15-26-11-3-10-24-26)14-21(18)29-13-12-25-16-23-19-4-1-2-5-20(19)25/h1-7,10-11,14,16H,8-9,12-13,15H2,(H,27,28). The van der Waals surface area contributed by atoms with E-state index in [0.29, 0.717) is 26.1 Å². The van der Waals surface area contributed by atoms with Gasteiger partial charge in [-0.05, 0) is 41.8 Å². The van der Waals surface area contributed by atoms with Gasteiger partial charge in [-0.15, -0.1) is 0 Å². The van der Waals surface area contributed by atoms with Gasteiger partial charge in [-0.1, -0.05) is 24.3 Å². The SMILES string of the molecule is O=C(O)CCc1ccc(Cn2cccn2)cc1OCCn1cnc2ccccc21. The van der Waals surface area contributed by atoms with Crippen molar-refractivity contribution in [1.29, 1.82) is 0 Å².